The van der Waals surface area contributed by atoms with Gasteiger partial charge in [-0.15, -0.1) is 11.6 Å². The van der Waals surface area contributed by atoms with E-state index in [0.29, 0.717) is 5.69 Å². The molecule has 1 atom stereocenters. The van der Waals surface area contributed by atoms with Crippen LogP contribution in [0, 0.1) is 5.82 Å². The third-order valence-corrected chi connectivity index (χ3v) is 1.53. The second-order valence-corrected chi connectivity index (χ2v) is 2.38. The molecule has 0 bridgehead atoms. The first-order valence-corrected chi connectivity index (χ1v) is 3.63. The van der Waals surface area contributed by atoms with Crippen LogP contribution in [0.1, 0.15) is 11.8 Å². The van der Waals surface area contributed by atoms with Crippen molar-refractivity contribution in [1.29, 1.82) is 0 Å². The van der Waals surface area contributed by atoms with E-state index in [0.717, 1.165) is 6.20 Å². The monoisotopic (exact) mass is 175 g/mol. The minimum Gasteiger partial charge on any atom is -0.386 e. The van der Waals surface area contributed by atoms with Gasteiger partial charge in [0.15, 0.2) is 0 Å². The zero-order valence-corrected chi connectivity index (χ0v) is 6.42. The van der Waals surface area contributed by atoms with E-state index in [2.05, 4.69) is 4.98 Å². The molecule has 11 heavy (non-hydrogen) atoms. The molecule has 0 aliphatic carbocycles. The van der Waals surface area contributed by atoms with Gasteiger partial charge in [0.1, 0.15) is 11.9 Å². The fourth-order valence-corrected chi connectivity index (χ4v) is 0.822. The lowest BCUT2D eigenvalue weighted by Gasteiger charge is -2.03. The summed E-state index contributed by atoms with van der Waals surface area (Å²) >= 11 is 5.34. The van der Waals surface area contributed by atoms with Crippen molar-refractivity contribution in [3.63, 3.8) is 0 Å². The molecule has 1 N–H and O–H groups in total. The second-order valence-electron chi connectivity index (χ2n) is 2.07. The first kappa shape index (κ1) is 8.43. The van der Waals surface area contributed by atoms with Crippen molar-refractivity contribution >= 4 is 11.6 Å². The summed E-state index contributed by atoms with van der Waals surface area (Å²) in [6.45, 7) is 0. The van der Waals surface area contributed by atoms with Gasteiger partial charge in [-0.2, -0.15) is 0 Å². The van der Waals surface area contributed by atoms with Crippen molar-refractivity contribution in [2.75, 3.05) is 5.88 Å². The van der Waals surface area contributed by atoms with Crippen LogP contribution in [0.2, 0.25) is 0 Å². The number of pyridine rings is 1. The number of hydrogen-bond acceptors (Lipinski definition) is 2. The van der Waals surface area contributed by atoms with Crippen LogP contribution in [-0.4, -0.2) is 16.0 Å². The van der Waals surface area contributed by atoms with Gasteiger partial charge < -0.3 is 5.11 Å². The second kappa shape index (κ2) is 3.64. The maximum atomic E-state index is 12.3. The Morgan fingerprint density at radius 3 is 2.82 bits per heavy atom. The highest BCUT2D eigenvalue weighted by Crippen LogP contribution is 2.10. The predicted molar refractivity (Wildman–Crippen MR) is 39.9 cm³/mol. The molecule has 4 heteroatoms. The molecule has 0 radical (unpaired) electrons. The van der Waals surface area contributed by atoms with Crippen LogP contribution in [0.4, 0.5) is 4.39 Å². The number of nitrogens with zero attached hydrogens (tertiary/aromatic N) is 1. The summed E-state index contributed by atoms with van der Waals surface area (Å²) in [5.74, 6) is -0.353. The first-order valence-electron chi connectivity index (χ1n) is 3.09. The van der Waals surface area contributed by atoms with E-state index in [-0.39, 0.29) is 5.88 Å². The fourth-order valence-electron chi connectivity index (χ4n) is 0.663. The molecule has 0 unspecified atom stereocenters. The molecule has 0 fully saturated rings. The third-order valence-electron chi connectivity index (χ3n) is 1.24. The molecule has 0 aliphatic heterocycles. The summed E-state index contributed by atoms with van der Waals surface area (Å²) in [5, 5.41) is 9.10. The molecule has 2 nitrogen and oxygen atoms in total. The smallest absolute Gasteiger partial charge is 0.141 e. The van der Waals surface area contributed by atoms with Gasteiger partial charge >= 0.3 is 0 Å². The molecule has 60 valence electrons. The SMILES string of the molecule is O[C@H](CCl)c1ccc(F)cn1. The van der Waals surface area contributed by atoms with Gasteiger partial charge in [0.2, 0.25) is 0 Å². The topological polar surface area (TPSA) is 33.1 Å². The van der Waals surface area contributed by atoms with Crippen LogP contribution >= 0.6 is 11.6 Å². The van der Waals surface area contributed by atoms with Crippen molar-refractivity contribution in [3.8, 4) is 0 Å². The standard InChI is InChI=1S/C7H7ClFNO/c8-3-7(11)6-2-1-5(9)4-10-6/h1-2,4,7,11H,3H2/t7-/m1/s1. The number of alkyl halides is 1. The van der Waals surface area contributed by atoms with E-state index in [9.17, 15) is 4.39 Å². The van der Waals surface area contributed by atoms with Crippen LogP contribution < -0.4 is 0 Å². The summed E-state index contributed by atoms with van der Waals surface area (Å²) in [6.07, 6.45) is 0.239. The van der Waals surface area contributed by atoms with Gasteiger partial charge in [-0.3, -0.25) is 4.98 Å². The molecular weight excluding hydrogens is 169 g/mol. The fraction of sp³-hybridized carbons (Fsp3) is 0.286. The lowest BCUT2D eigenvalue weighted by atomic mass is 10.2. The van der Waals surface area contributed by atoms with Gasteiger partial charge in [0.25, 0.3) is 0 Å². The molecule has 1 heterocycles. The molecule has 0 amide bonds. The Morgan fingerprint density at radius 1 is 1.64 bits per heavy atom. The zero-order chi connectivity index (χ0) is 8.27. The van der Waals surface area contributed by atoms with E-state index < -0.39 is 11.9 Å². The summed E-state index contributed by atoms with van der Waals surface area (Å²) in [7, 11) is 0. The Bertz CT molecular complexity index is 226. The minimum atomic E-state index is -0.808. The van der Waals surface area contributed by atoms with Gasteiger partial charge in [-0.1, -0.05) is 0 Å². The van der Waals surface area contributed by atoms with Crippen LogP contribution in [0.15, 0.2) is 18.3 Å². The number of rotatable bonds is 2. The van der Waals surface area contributed by atoms with Gasteiger partial charge in [-0.25, -0.2) is 4.39 Å². The highest BCUT2D eigenvalue weighted by Gasteiger charge is 2.05. The molecular formula is C7H7ClFNO. The predicted octanol–water partition coefficient (Wildman–Crippen LogP) is 1.49. The summed E-state index contributed by atoms with van der Waals surface area (Å²) in [6, 6.07) is 2.64. The Hall–Kier alpha value is -0.670. The Morgan fingerprint density at radius 2 is 2.36 bits per heavy atom. The quantitative estimate of drug-likeness (QED) is 0.691. The Balaban J connectivity index is 2.81. The van der Waals surface area contributed by atoms with Crippen LogP contribution in [-0.2, 0) is 0 Å². The number of aliphatic hydroxyl groups is 1. The van der Waals surface area contributed by atoms with Crippen LogP contribution in [0.5, 0.6) is 0 Å². The van der Waals surface area contributed by atoms with Crippen molar-refractivity contribution in [2.45, 2.75) is 6.10 Å². The van der Waals surface area contributed by atoms with E-state index in [1.54, 1.807) is 0 Å². The number of hydrogen-bond donors (Lipinski definition) is 1. The van der Waals surface area contributed by atoms with E-state index in [1.807, 2.05) is 0 Å². The Kier molecular flexibility index (Phi) is 2.79. The summed E-state index contributed by atoms with van der Waals surface area (Å²) in [5.41, 5.74) is 0.390. The number of aliphatic hydroxyl groups excluding tert-OH is 1. The van der Waals surface area contributed by atoms with Crippen LogP contribution in [0.3, 0.4) is 0 Å². The largest absolute Gasteiger partial charge is 0.386 e. The van der Waals surface area contributed by atoms with Crippen molar-refractivity contribution in [1.82, 2.24) is 4.98 Å². The van der Waals surface area contributed by atoms with Gasteiger partial charge in [-0.05, 0) is 12.1 Å². The number of aromatic nitrogens is 1. The van der Waals surface area contributed by atoms with Crippen molar-refractivity contribution < 1.29 is 9.50 Å². The highest BCUT2D eigenvalue weighted by atomic mass is 35.5. The molecule has 0 saturated carbocycles. The van der Waals surface area contributed by atoms with E-state index in [1.165, 1.54) is 12.1 Å². The molecule has 0 spiro atoms. The molecule has 1 aromatic heterocycles. The summed E-state index contributed by atoms with van der Waals surface area (Å²) in [4.78, 5) is 3.64. The Labute approximate surface area is 68.6 Å². The zero-order valence-electron chi connectivity index (χ0n) is 5.67. The van der Waals surface area contributed by atoms with Crippen molar-refractivity contribution in [2.24, 2.45) is 0 Å². The maximum Gasteiger partial charge on any atom is 0.141 e. The summed E-state index contributed by atoms with van der Waals surface area (Å²) < 4.78 is 12.3. The maximum absolute atomic E-state index is 12.3. The normalized spacial score (nSPS) is 13.0. The lowest BCUT2D eigenvalue weighted by Crippen LogP contribution is -2.01. The average Bonchev–Trinajstić information content (AvgIpc) is 2.05. The minimum absolute atomic E-state index is 0.0681. The number of halogens is 2. The highest BCUT2D eigenvalue weighted by molar-refractivity contribution is 6.18. The van der Waals surface area contributed by atoms with Crippen molar-refractivity contribution in [3.05, 3.63) is 29.8 Å². The molecule has 0 saturated heterocycles. The third kappa shape index (κ3) is 2.13. The van der Waals surface area contributed by atoms with Gasteiger partial charge in [0, 0.05) is 0 Å². The van der Waals surface area contributed by atoms with Crippen LogP contribution in [0.25, 0.3) is 0 Å². The first-order chi connectivity index (χ1) is 5.24. The van der Waals surface area contributed by atoms with E-state index in [4.69, 9.17) is 16.7 Å². The molecule has 1 aromatic rings. The average molecular weight is 176 g/mol. The molecule has 0 aromatic carbocycles. The lowest BCUT2D eigenvalue weighted by molar-refractivity contribution is 0.197. The molecule has 0 aliphatic rings. The molecule has 1 rings (SSSR count). The van der Waals surface area contributed by atoms with E-state index >= 15 is 0 Å². The van der Waals surface area contributed by atoms with Gasteiger partial charge in [0.05, 0.1) is 17.8 Å².